The standard InChI is InChI=1S/C6H7N.5C5H6N2.5C4H5N3/c1-6-3-2-4-7-5-6;1-5-2-6-4-7-3-5;1-5-2-3-6-4-7-5;1-5-2-3-6-7-4-5;1-5-6-3-2-4-7-5;1-5-3-2-4-6-7-5;1-4-6-2-5-3-7-4;1-4-2-5-3-6-7-4;1-4-2-5-7-6-3-4;1-4-5-2-3-6-7-4;1-4-2-3-5-7-6-4/h2-5H,1H3;5*2-4H,1H3;5*2-3H,1H3. The fourth-order valence-corrected chi connectivity index (χ4v) is 3.81. The highest BCUT2D eigenvalue weighted by Crippen LogP contribution is 1.89. The van der Waals surface area contributed by atoms with Crippen LogP contribution in [0, 0.1) is 76.2 Å². The molecule has 0 aliphatic rings. The molecule has 0 saturated carbocycles. The lowest BCUT2D eigenvalue weighted by Crippen LogP contribution is -1.85. The summed E-state index contributed by atoms with van der Waals surface area (Å²) in [4.78, 5) is 45.4. The van der Waals surface area contributed by atoms with E-state index in [0.717, 1.165) is 51.1 Å². The third kappa shape index (κ3) is 44.1. The second kappa shape index (κ2) is 45.5. The summed E-state index contributed by atoms with van der Waals surface area (Å²) in [6, 6.07) is 15.1. The number of hydrogen-bond donors (Lipinski definition) is 0. The molecule has 396 valence electrons. The van der Waals surface area contributed by atoms with E-state index in [1.54, 1.807) is 112 Å². The molecular formula is C51H62N26. The Morgan fingerprint density at radius 2 is 0.805 bits per heavy atom. The van der Waals surface area contributed by atoms with Crippen LogP contribution in [0.25, 0.3) is 0 Å². The monoisotopic (exact) mass is 1040 g/mol. The number of pyridine rings is 1. The molecule has 0 aliphatic carbocycles. The molecule has 26 nitrogen and oxygen atoms in total. The van der Waals surface area contributed by atoms with Crippen molar-refractivity contribution in [3.8, 4) is 0 Å². The van der Waals surface area contributed by atoms with Gasteiger partial charge in [-0.05, 0) is 151 Å². The van der Waals surface area contributed by atoms with Crippen LogP contribution in [0.2, 0.25) is 0 Å². The van der Waals surface area contributed by atoms with E-state index >= 15 is 0 Å². The molecule has 0 aromatic carbocycles. The van der Waals surface area contributed by atoms with Gasteiger partial charge in [-0.2, -0.15) is 30.6 Å². The SMILES string of the molecule is Cc1cccnc1.Cc1cccnn1.Cc1ccncn1.Cc1ccnnc1.Cc1ccnnn1.Cc1cncnc1.Cc1cncnn1.Cc1cnnnc1.Cc1ncccn1.Cc1nccnn1.Cc1ncncn1. The summed E-state index contributed by atoms with van der Waals surface area (Å²) in [6.07, 6.45) is 34.5. The Labute approximate surface area is 448 Å². The molecule has 0 amide bonds. The van der Waals surface area contributed by atoms with Crippen molar-refractivity contribution in [2.24, 2.45) is 0 Å². The van der Waals surface area contributed by atoms with Crippen molar-refractivity contribution in [1.82, 2.24) is 131 Å². The molecule has 26 heteroatoms. The first-order chi connectivity index (χ1) is 37.3. The van der Waals surface area contributed by atoms with Crippen LogP contribution < -0.4 is 0 Å². The Morgan fingerprint density at radius 1 is 0.234 bits per heavy atom. The lowest BCUT2D eigenvalue weighted by molar-refractivity contribution is 0.839. The molecule has 11 rings (SSSR count). The lowest BCUT2D eigenvalue weighted by atomic mass is 10.3. The van der Waals surface area contributed by atoms with Crippen molar-refractivity contribution >= 4 is 0 Å². The summed E-state index contributed by atoms with van der Waals surface area (Å²) < 4.78 is 0. The maximum atomic E-state index is 3.88. The van der Waals surface area contributed by atoms with Crippen molar-refractivity contribution in [2.75, 3.05) is 0 Å². The number of aromatic nitrogens is 26. The molecule has 0 radical (unpaired) electrons. The molecule has 0 fully saturated rings. The average molecular weight is 1040 g/mol. The molecular weight excluding hydrogens is 977 g/mol. The zero-order chi connectivity index (χ0) is 56.2. The summed E-state index contributed by atoms with van der Waals surface area (Å²) in [5.74, 6) is 2.29. The van der Waals surface area contributed by atoms with Gasteiger partial charge in [-0.3, -0.25) is 4.98 Å². The van der Waals surface area contributed by atoms with Crippen LogP contribution in [0.1, 0.15) is 62.5 Å². The van der Waals surface area contributed by atoms with Gasteiger partial charge in [-0.25, -0.2) is 54.8 Å². The molecule has 0 N–H and O–H groups in total. The minimum atomic E-state index is 0.711. The Kier molecular flexibility index (Phi) is 38.1. The van der Waals surface area contributed by atoms with Gasteiger partial charge < -0.3 is 0 Å². The van der Waals surface area contributed by atoms with E-state index in [0.29, 0.717) is 5.82 Å². The number of nitrogens with zero attached hydrogens (tertiary/aromatic N) is 26. The molecule has 0 saturated heterocycles. The Bertz CT molecular complexity index is 2210. The zero-order valence-electron chi connectivity index (χ0n) is 44.9. The number of rotatable bonds is 0. The smallest absolute Gasteiger partial charge is 0.147 e. The van der Waals surface area contributed by atoms with Crippen molar-refractivity contribution in [1.29, 1.82) is 0 Å². The van der Waals surface area contributed by atoms with E-state index in [9.17, 15) is 0 Å². The van der Waals surface area contributed by atoms with Gasteiger partial charge in [0.2, 0.25) is 0 Å². The Morgan fingerprint density at radius 3 is 1.09 bits per heavy atom. The van der Waals surface area contributed by atoms with Crippen LogP contribution >= 0.6 is 0 Å². The molecule has 11 aromatic heterocycles. The van der Waals surface area contributed by atoms with E-state index in [1.165, 1.54) is 37.2 Å². The third-order valence-corrected chi connectivity index (χ3v) is 7.44. The summed E-state index contributed by atoms with van der Waals surface area (Å²) in [5.41, 5.74) is 8.21. The van der Waals surface area contributed by atoms with Crippen LogP contribution in [-0.4, -0.2) is 131 Å². The molecule has 0 unspecified atom stereocenters. The average Bonchev–Trinajstić information content (AvgIpc) is 3.45. The number of hydrogen-bond acceptors (Lipinski definition) is 26. The van der Waals surface area contributed by atoms with Crippen LogP contribution in [0.3, 0.4) is 0 Å². The molecule has 0 bridgehead atoms. The molecule has 77 heavy (non-hydrogen) atoms. The van der Waals surface area contributed by atoms with Crippen molar-refractivity contribution in [3.05, 3.63) is 242 Å². The molecule has 0 aliphatic heterocycles. The summed E-state index contributed by atoms with van der Waals surface area (Å²) in [5, 5.41) is 49.9. The van der Waals surface area contributed by atoms with Crippen LogP contribution in [-0.2, 0) is 0 Å². The lowest BCUT2D eigenvalue weighted by Gasteiger charge is -1.82. The van der Waals surface area contributed by atoms with Gasteiger partial charge in [-0.1, -0.05) is 6.07 Å². The topological polar surface area (TPSA) is 335 Å². The van der Waals surface area contributed by atoms with Crippen molar-refractivity contribution in [2.45, 2.75) is 76.2 Å². The highest BCUT2D eigenvalue weighted by molar-refractivity contribution is 5.04. The zero-order valence-corrected chi connectivity index (χ0v) is 44.9. The van der Waals surface area contributed by atoms with Gasteiger partial charge in [-0.15, -0.1) is 30.6 Å². The highest BCUT2D eigenvalue weighted by atomic mass is 15.3. The van der Waals surface area contributed by atoms with Gasteiger partial charge >= 0.3 is 0 Å². The maximum absolute atomic E-state index is 3.88. The van der Waals surface area contributed by atoms with E-state index in [-0.39, 0.29) is 0 Å². The van der Waals surface area contributed by atoms with E-state index in [4.69, 9.17) is 0 Å². The first kappa shape index (κ1) is 64.6. The third-order valence-electron chi connectivity index (χ3n) is 7.44. The van der Waals surface area contributed by atoms with Crippen molar-refractivity contribution in [3.63, 3.8) is 0 Å². The molecule has 0 spiro atoms. The van der Waals surface area contributed by atoms with E-state index in [1.807, 2.05) is 112 Å². The predicted octanol–water partition coefficient (Wildman–Crippen LogP) is 6.22. The largest absolute Gasteiger partial charge is 0.264 e. The summed E-state index contributed by atoms with van der Waals surface area (Å²) in [6.45, 7) is 20.9. The molecule has 11 aromatic rings. The Hall–Kier alpha value is -10.4. The predicted molar refractivity (Wildman–Crippen MR) is 286 cm³/mol. The van der Waals surface area contributed by atoms with Gasteiger partial charge in [0, 0.05) is 67.7 Å². The van der Waals surface area contributed by atoms with Crippen LogP contribution in [0.4, 0.5) is 0 Å². The quantitative estimate of drug-likeness (QED) is 0.163. The number of aryl methyl sites for hydroxylation is 11. The van der Waals surface area contributed by atoms with Gasteiger partial charge in [0.05, 0.1) is 54.3 Å². The van der Waals surface area contributed by atoms with Crippen LogP contribution in [0.15, 0.2) is 179 Å². The van der Waals surface area contributed by atoms with Gasteiger partial charge in [0.25, 0.3) is 0 Å². The van der Waals surface area contributed by atoms with E-state index < -0.39 is 0 Å². The second-order valence-electron chi connectivity index (χ2n) is 14.6. The maximum Gasteiger partial charge on any atom is 0.147 e. The normalized spacial score (nSPS) is 8.71. The first-order valence-electron chi connectivity index (χ1n) is 22.8. The summed E-state index contributed by atoms with van der Waals surface area (Å²) >= 11 is 0. The highest BCUT2D eigenvalue weighted by Gasteiger charge is 1.81. The first-order valence-corrected chi connectivity index (χ1v) is 22.8. The minimum absolute atomic E-state index is 0.711. The van der Waals surface area contributed by atoms with Gasteiger partial charge in [0.1, 0.15) is 49.1 Å². The van der Waals surface area contributed by atoms with Crippen LogP contribution in [0.5, 0.6) is 0 Å². The molecule has 11 heterocycles. The van der Waals surface area contributed by atoms with E-state index in [2.05, 4.69) is 131 Å². The fourth-order valence-electron chi connectivity index (χ4n) is 3.81. The minimum Gasteiger partial charge on any atom is -0.264 e. The van der Waals surface area contributed by atoms with Gasteiger partial charge in [0.15, 0.2) is 0 Å². The second-order valence-corrected chi connectivity index (χ2v) is 14.6. The molecule has 0 atom stereocenters. The fraction of sp³-hybridized carbons (Fsp3) is 0.216. The Balaban J connectivity index is 0.000000423. The van der Waals surface area contributed by atoms with Crippen molar-refractivity contribution < 1.29 is 0 Å². The summed E-state index contributed by atoms with van der Waals surface area (Å²) in [7, 11) is 0.